The lowest BCUT2D eigenvalue weighted by atomic mass is 9.76. The molecule has 0 N–H and O–H groups in total. The van der Waals surface area contributed by atoms with Gasteiger partial charge in [0.15, 0.2) is 0 Å². The van der Waals surface area contributed by atoms with Crippen LogP contribution in [0.2, 0.25) is 0 Å². The monoisotopic (exact) mass is 313 g/mol. The van der Waals surface area contributed by atoms with Crippen molar-refractivity contribution in [1.82, 2.24) is 4.98 Å². The van der Waals surface area contributed by atoms with Crippen LogP contribution in [0.1, 0.15) is 57.7 Å². The molecular formula is C15H19BF3NO2. The highest BCUT2D eigenvalue weighted by Gasteiger charge is 2.53. The fourth-order valence-electron chi connectivity index (χ4n) is 2.50. The first-order chi connectivity index (χ1) is 10.0. The Morgan fingerprint density at radius 3 is 2.14 bits per heavy atom. The SMILES string of the molecule is CC1(C)OB(c2cc(C(F)(F)F)cnc2C2CC2)OC1(C)C. The Hall–Kier alpha value is -1.08. The topological polar surface area (TPSA) is 31.4 Å². The number of hydrogen-bond acceptors (Lipinski definition) is 3. The van der Waals surface area contributed by atoms with Crippen LogP contribution in [0.4, 0.5) is 13.2 Å². The lowest BCUT2D eigenvalue weighted by Crippen LogP contribution is -2.41. The van der Waals surface area contributed by atoms with E-state index in [0.29, 0.717) is 11.2 Å². The van der Waals surface area contributed by atoms with Gasteiger partial charge in [0, 0.05) is 23.3 Å². The van der Waals surface area contributed by atoms with Crippen molar-refractivity contribution in [2.75, 3.05) is 0 Å². The van der Waals surface area contributed by atoms with Crippen LogP contribution >= 0.6 is 0 Å². The van der Waals surface area contributed by atoms with Gasteiger partial charge in [0.05, 0.1) is 16.8 Å². The summed E-state index contributed by atoms with van der Waals surface area (Å²) in [7, 11) is -0.810. The third kappa shape index (κ3) is 2.65. The van der Waals surface area contributed by atoms with Crippen molar-refractivity contribution in [3.05, 3.63) is 23.5 Å². The zero-order chi connectivity index (χ0) is 16.3. The summed E-state index contributed by atoms with van der Waals surface area (Å²) in [5.41, 5.74) is -0.858. The van der Waals surface area contributed by atoms with Gasteiger partial charge in [0.25, 0.3) is 0 Å². The maximum absolute atomic E-state index is 13.0. The number of rotatable bonds is 2. The van der Waals surface area contributed by atoms with Crippen molar-refractivity contribution >= 4 is 12.6 Å². The van der Waals surface area contributed by atoms with Crippen molar-refractivity contribution in [2.45, 2.75) is 63.8 Å². The normalized spacial score (nSPS) is 23.9. The van der Waals surface area contributed by atoms with E-state index in [1.807, 2.05) is 27.7 Å². The molecule has 1 saturated carbocycles. The summed E-state index contributed by atoms with van der Waals surface area (Å²) in [6.45, 7) is 7.52. The average Bonchev–Trinajstić information content (AvgIpc) is 3.16. The van der Waals surface area contributed by atoms with E-state index in [-0.39, 0.29) is 5.92 Å². The second kappa shape index (κ2) is 4.71. The molecule has 1 saturated heterocycles. The van der Waals surface area contributed by atoms with Gasteiger partial charge >= 0.3 is 13.3 Å². The Balaban J connectivity index is 2.02. The Bertz CT molecular complexity index is 581. The highest BCUT2D eigenvalue weighted by atomic mass is 19.4. The molecule has 2 aliphatic rings. The molecule has 0 aromatic carbocycles. The van der Waals surface area contributed by atoms with Gasteiger partial charge in [-0.25, -0.2) is 0 Å². The minimum atomic E-state index is -4.42. The van der Waals surface area contributed by atoms with Gasteiger partial charge in [-0.3, -0.25) is 4.98 Å². The molecule has 3 nitrogen and oxygen atoms in total. The Morgan fingerprint density at radius 1 is 1.14 bits per heavy atom. The summed E-state index contributed by atoms with van der Waals surface area (Å²) in [4.78, 5) is 4.07. The molecule has 0 spiro atoms. The molecule has 2 heterocycles. The summed E-state index contributed by atoms with van der Waals surface area (Å²) in [5, 5.41) is 0. The van der Waals surface area contributed by atoms with E-state index in [0.717, 1.165) is 25.1 Å². The molecule has 3 rings (SSSR count). The summed E-state index contributed by atoms with van der Waals surface area (Å²) < 4.78 is 50.8. The van der Waals surface area contributed by atoms with Gasteiger partial charge in [-0.1, -0.05) is 0 Å². The second-order valence-corrected chi connectivity index (χ2v) is 7.06. The molecule has 120 valence electrons. The first kappa shape index (κ1) is 15.8. The largest absolute Gasteiger partial charge is 0.496 e. The van der Waals surface area contributed by atoms with Crippen LogP contribution in [0.5, 0.6) is 0 Å². The molecule has 0 atom stereocenters. The molecule has 1 aromatic heterocycles. The van der Waals surface area contributed by atoms with E-state index < -0.39 is 30.1 Å². The highest BCUT2D eigenvalue weighted by molar-refractivity contribution is 6.62. The highest BCUT2D eigenvalue weighted by Crippen LogP contribution is 2.41. The number of pyridine rings is 1. The third-order valence-electron chi connectivity index (χ3n) is 4.75. The molecule has 0 radical (unpaired) electrons. The van der Waals surface area contributed by atoms with E-state index in [9.17, 15) is 13.2 Å². The van der Waals surface area contributed by atoms with Crippen molar-refractivity contribution in [3.63, 3.8) is 0 Å². The fourth-order valence-corrected chi connectivity index (χ4v) is 2.50. The number of hydrogen-bond donors (Lipinski definition) is 0. The lowest BCUT2D eigenvalue weighted by Gasteiger charge is -2.32. The summed E-state index contributed by atoms with van der Waals surface area (Å²) in [6, 6.07) is 1.13. The first-order valence-corrected chi connectivity index (χ1v) is 7.44. The van der Waals surface area contributed by atoms with Crippen molar-refractivity contribution in [2.24, 2.45) is 0 Å². The zero-order valence-corrected chi connectivity index (χ0v) is 13.1. The van der Waals surface area contributed by atoms with E-state index >= 15 is 0 Å². The van der Waals surface area contributed by atoms with Gasteiger partial charge in [0.2, 0.25) is 0 Å². The van der Waals surface area contributed by atoms with Crippen LogP contribution in [0.25, 0.3) is 0 Å². The molecule has 0 unspecified atom stereocenters. The standard InChI is InChI=1S/C15H19BF3NO2/c1-13(2)14(3,4)22-16(21-13)11-7-10(15(17,18)19)8-20-12(11)9-5-6-9/h7-9H,5-6H2,1-4H3. The van der Waals surface area contributed by atoms with Gasteiger partial charge in [-0.15, -0.1) is 0 Å². The maximum atomic E-state index is 13.0. The molecule has 2 fully saturated rings. The maximum Gasteiger partial charge on any atom is 0.496 e. The average molecular weight is 313 g/mol. The van der Waals surface area contributed by atoms with Crippen molar-refractivity contribution < 1.29 is 22.5 Å². The molecule has 1 aliphatic heterocycles. The zero-order valence-electron chi connectivity index (χ0n) is 13.1. The summed E-state index contributed by atoms with van der Waals surface area (Å²) in [6.07, 6.45) is -1.62. The number of alkyl halides is 3. The van der Waals surface area contributed by atoms with Gasteiger partial charge in [-0.05, 0) is 46.6 Å². The molecule has 0 amide bonds. The van der Waals surface area contributed by atoms with Crippen molar-refractivity contribution in [3.8, 4) is 0 Å². The van der Waals surface area contributed by atoms with E-state index in [1.165, 1.54) is 0 Å². The lowest BCUT2D eigenvalue weighted by molar-refractivity contribution is -0.137. The van der Waals surface area contributed by atoms with E-state index in [2.05, 4.69) is 4.98 Å². The second-order valence-electron chi connectivity index (χ2n) is 7.06. The Morgan fingerprint density at radius 2 is 1.68 bits per heavy atom. The predicted octanol–water partition coefficient (Wildman–Crippen LogP) is 3.28. The first-order valence-electron chi connectivity index (χ1n) is 7.44. The van der Waals surface area contributed by atoms with Crippen molar-refractivity contribution in [1.29, 1.82) is 0 Å². The minimum absolute atomic E-state index is 0.219. The van der Waals surface area contributed by atoms with E-state index in [4.69, 9.17) is 9.31 Å². The minimum Gasteiger partial charge on any atom is -0.399 e. The van der Waals surface area contributed by atoms with Crippen LogP contribution in [-0.4, -0.2) is 23.3 Å². The molecule has 22 heavy (non-hydrogen) atoms. The van der Waals surface area contributed by atoms with Crippen LogP contribution in [0.3, 0.4) is 0 Å². The number of halogens is 3. The smallest absolute Gasteiger partial charge is 0.399 e. The summed E-state index contributed by atoms with van der Waals surface area (Å²) in [5.74, 6) is 0.219. The number of aromatic nitrogens is 1. The quantitative estimate of drug-likeness (QED) is 0.785. The van der Waals surface area contributed by atoms with Crippen LogP contribution < -0.4 is 5.46 Å². The predicted molar refractivity (Wildman–Crippen MR) is 76.9 cm³/mol. The van der Waals surface area contributed by atoms with E-state index in [1.54, 1.807) is 0 Å². The molecule has 1 aliphatic carbocycles. The van der Waals surface area contributed by atoms with Gasteiger partial charge < -0.3 is 9.31 Å². The molecule has 1 aromatic rings. The van der Waals surface area contributed by atoms with Gasteiger partial charge in [0.1, 0.15) is 0 Å². The van der Waals surface area contributed by atoms with Crippen LogP contribution in [-0.2, 0) is 15.5 Å². The molecular weight excluding hydrogens is 294 g/mol. The molecule has 0 bridgehead atoms. The molecule has 7 heteroatoms. The van der Waals surface area contributed by atoms with Gasteiger partial charge in [-0.2, -0.15) is 13.2 Å². The van der Waals surface area contributed by atoms with Crippen LogP contribution in [0, 0.1) is 0 Å². The Kier molecular flexibility index (Phi) is 3.38. The Labute approximate surface area is 128 Å². The number of nitrogens with zero attached hydrogens (tertiary/aromatic N) is 1. The van der Waals surface area contributed by atoms with Crippen LogP contribution in [0.15, 0.2) is 12.3 Å². The summed E-state index contributed by atoms with van der Waals surface area (Å²) >= 11 is 0. The third-order valence-corrected chi connectivity index (χ3v) is 4.75. The fraction of sp³-hybridized carbons (Fsp3) is 0.667.